The van der Waals surface area contributed by atoms with Crippen LogP contribution in [0.3, 0.4) is 0 Å². The zero-order chi connectivity index (χ0) is 14.4. The summed E-state index contributed by atoms with van der Waals surface area (Å²) < 4.78 is 11.8. The van der Waals surface area contributed by atoms with Crippen LogP contribution in [0.5, 0.6) is 17.2 Å². The molecule has 1 fully saturated rings. The van der Waals surface area contributed by atoms with E-state index >= 15 is 0 Å². The van der Waals surface area contributed by atoms with Crippen LogP contribution in [-0.2, 0) is 4.74 Å². The van der Waals surface area contributed by atoms with E-state index in [-0.39, 0.29) is 29.4 Å². The molecule has 2 aliphatic rings. The van der Waals surface area contributed by atoms with Crippen molar-refractivity contribution in [2.45, 2.75) is 12.0 Å². The molecule has 0 aliphatic carbocycles. The molecule has 0 aromatic heterocycles. The average molecular weight is 284 g/mol. The Morgan fingerprint density at radius 3 is 2.48 bits per heavy atom. The Morgan fingerprint density at radius 1 is 0.905 bits per heavy atom. The fourth-order valence-electron chi connectivity index (χ4n) is 3.33. The first-order valence-corrected chi connectivity index (χ1v) is 7.08. The molecule has 0 bridgehead atoms. The predicted octanol–water partition coefficient (Wildman–Crippen LogP) is 2.96. The highest BCUT2D eigenvalue weighted by Gasteiger charge is 2.43. The van der Waals surface area contributed by atoms with E-state index in [4.69, 9.17) is 9.47 Å². The van der Waals surface area contributed by atoms with Gasteiger partial charge >= 0.3 is 0 Å². The highest BCUT2D eigenvalue weighted by Crippen LogP contribution is 2.49. The van der Waals surface area contributed by atoms with Crippen molar-refractivity contribution in [3.05, 3.63) is 53.6 Å². The molecule has 3 unspecified atom stereocenters. The molecular weight excluding hydrogens is 268 g/mol. The summed E-state index contributed by atoms with van der Waals surface area (Å²) in [6, 6.07) is 12.4. The molecule has 0 radical (unpaired) electrons. The number of fused-ring (bicyclic) bond motifs is 3. The molecule has 4 rings (SSSR count). The fraction of sp³-hybridized carbons (Fsp3) is 0.294. The van der Waals surface area contributed by atoms with E-state index in [1.54, 1.807) is 24.3 Å². The monoisotopic (exact) mass is 284 g/mol. The van der Waals surface area contributed by atoms with Gasteiger partial charge in [0.2, 0.25) is 0 Å². The molecule has 2 N–H and O–H groups in total. The second-order valence-electron chi connectivity index (χ2n) is 5.66. The first-order valence-electron chi connectivity index (χ1n) is 7.08. The molecule has 4 nitrogen and oxygen atoms in total. The quantitative estimate of drug-likeness (QED) is 0.845. The van der Waals surface area contributed by atoms with Crippen LogP contribution < -0.4 is 4.74 Å². The van der Waals surface area contributed by atoms with Crippen molar-refractivity contribution in [1.29, 1.82) is 0 Å². The Bertz CT molecular complexity index is 665. The minimum absolute atomic E-state index is 0.0878. The zero-order valence-corrected chi connectivity index (χ0v) is 11.4. The second-order valence-corrected chi connectivity index (χ2v) is 5.66. The van der Waals surface area contributed by atoms with Crippen LogP contribution in [0.4, 0.5) is 0 Å². The van der Waals surface area contributed by atoms with E-state index in [1.807, 2.05) is 18.2 Å². The lowest BCUT2D eigenvalue weighted by Gasteiger charge is -2.35. The van der Waals surface area contributed by atoms with Crippen LogP contribution in [-0.4, -0.2) is 23.4 Å². The SMILES string of the molecule is Oc1ccc(C2Oc3ccc(O)cc3C3COCC32)cc1. The Hall–Kier alpha value is -2.20. The molecule has 0 saturated carbocycles. The number of hydrogen-bond acceptors (Lipinski definition) is 4. The van der Waals surface area contributed by atoms with E-state index in [9.17, 15) is 10.2 Å². The van der Waals surface area contributed by atoms with Gasteiger partial charge in [0.15, 0.2) is 0 Å². The van der Waals surface area contributed by atoms with Gasteiger partial charge in [-0.05, 0) is 35.9 Å². The van der Waals surface area contributed by atoms with Gasteiger partial charge < -0.3 is 19.7 Å². The summed E-state index contributed by atoms with van der Waals surface area (Å²) in [7, 11) is 0. The second kappa shape index (κ2) is 4.67. The highest BCUT2D eigenvalue weighted by atomic mass is 16.5. The summed E-state index contributed by atoms with van der Waals surface area (Å²) in [4.78, 5) is 0. The molecule has 0 spiro atoms. The number of hydrogen-bond donors (Lipinski definition) is 2. The summed E-state index contributed by atoms with van der Waals surface area (Å²) in [5.41, 5.74) is 2.06. The predicted molar refractivity (Wildman–Crippen MR) is 76.6 cm³/mol. The Balaban J connectivity index is 1.77. The maximum absolute atomic E-state index is 9.70. The smallest absolute Gasteiger partial charge is 0.129 e. The molecule has 2 aromatic rings. The van der Waals surface area contributed by atoms with Crippen molar-refractivity contribution in [1.82, 2.24) is 0 Å². The molecule has 2 aliphatic heterocycles. The molecule has 2 aromatic carbocycles. The Morgan fingerprint density at radius 2 is 1.67 bits per heavy atom. The molecule has 2 heterocycles. The van der Waals surface area contributed by atoms with E-state index < -0.39 is 0 Å². The van der Waals surface area contributed by atoms with Gasteiger partial charge in [0.1, 0.15) is 23.4 Å². The van der Waals surface area contributed by atoms with Crippen molar-refractivity contribution in [2.75, 3.05) is 13.2 Å². The van der Waals surface area contributed by atoms with E-state index in [0.717, 1.165) is 16.9 Å². The van der Waals surface area contributed by atoms with Gasteiger partial charge in [-0.25, -0.2) is 0 Å². The van der Waals surface area contributed by atoms with Gasteiger partial charge in [0, 0.05) is 17.4 Å². The number of aromatic hydroxyl groups is 2. The van der Waals surface area contributed by atoms with Crippen LogP contribution in [0.1, 0.15) is 23.1 Å². The number of phenolic OH excluding ortho intramolecular Hbond substituents is 2. The number of rotatable bonds is 1. The minimum atomic E-state index is -0.0878. The summed E-state index contributed by atoms with van der Waals surface area (Å²) in [6.45, 7) is 1.30. The Kier molecular flexibility index (Phi) is 2.79. The molecular formula is C17H16O4. The summed E-state index contributed by atoms with van der Waals surface area (Å²) >= 11 is 0. The lowest BCUT2D eigenvalue weighted by atomic mass is 9.80. The first-order chi connectivity index (χ1) is 10.2. The van der Waals surface area contributed by atoms with Gasteiger partial charge in [-0.1, -0.05) is 12.1 Å². The summed E-state index contributed by atoms with van der Waals surface area (Å²) in [5.74, 6) is 1.77. The van der Waals surface area contributed by atoms with E-state index in [1.165, 1.54) is 0 Å². The summed E-state index contributed by atoms with van der Waals surface area (Å²) in [6.07, 6.45) is -0.0878. The maximum Gasteiger partial charge on any atom is 0.129 e. The minimum Gasteiger partial charge on any atom is -0.508 e. The van der Waals surface area contributed by atoms with Gasteiger partial charge in [-0.15, -0.1) is 0 Å². The molecule has 4 heteroatoms. The molecule has 1 saturated heterocycles. The van der Waals surface area contributed by atoms with Crippen molar-refractivity contribution in [3.63, 3.8) is 0 Å². The van der Waals surface area contributed by atoms with Gasteiger partial charge in [0.25, 0.3) is 0 Å². The van der Waals surface area contributed by atoms with Crippen LogP contribution >= 0.6 is 0 Å². The lowest BCUT2D eigenvalue weighted by molar-refractivity contribution is 0.0958. The number of ether oxygens (including phenoxy) is 2. The topological polar surface area (TPSA) is 58.9 Å². The lowest BCUT2D eigenvalue weighted by Crippen LogP contribution is -2.29. The fourth-order valence-corrected chi connectivity index (χ4v) is 3.33. The van der Waals surface area contributed by atoms with Crippen molar-refractivity contribution < 1.29 is 19.7 Å². The van der Waals surface area contributed by atoms with Crippen molar-refractivity contribution in [3.8, 4) is 17.2 Å². The maximum atomic E-state index is 9.70. The van der Waals surface area contributed by atoms with E-state index in [0.29, 0.717) is 13.2 Å². The third kappa shape index (κ3) is 2.03. The van der Waals surface area contributed by atoms with Crippen molar-refractivity contribution in [2.24, 2.45) is 5.92 Å². The van der Waals surface area contributed by atoms with E-state index in [2.05, 4.69) is 0 Å². The number of phenols is 2. The van der Waals surface area contributed by atoms with Gasteiger partial charge in [0.05, 0.1) is 13.2 Å². The zero-order valence-electron chi connectivity index (χ0n) is 11.4. The largest absolute Gasteiger partial charge is 0.508 e. The third-order valence-electron chi connectivity index (χ3n) is 4.38. The van der Waals surface area contributed by atoms with Gasteiger partial charge in [-0.3, -0.25) is 0 Å². The van der Waals surface area contributed by atoms with Crippen molar-refractivity contribution >= 4 is 0 Å². The Labute approximate surface area is 122 Å². The third-order valence-corrected chi connectivity index (χ3v) is 4.38. The molecule has 0 amide bonds. The standard InChI is InChI=1S/C17H16O4/c18-11-3-1-10(2-4-11)17-15-9-20-8-14(15)13-7-12(19)5-6-16(13)21-17/h1-7,14-15,17-19H,8-9H2. The van der Waals surface area contributed by atoms with Crippen LogP contribution in [0, 0.1) is 5.92 Å². The molecule has 21 heavy (non-hydrogen) atoms. The van der Waals surface area contributed by atoms with Crippen LogP contribution in [0.2, 0.25) is 0 Å². The summed E-state index contributed by atoms with van der Waals surface area (Å²) in [5, 5.41) is 19.1. The normalized spacial score (nSPS) is 26.8. The molecule has 108 valence electrons. The van der Waals surface area contributed by atoms with Crippen LogP contribution in [0.15, 0.2) is 42.5 Å². The first kappa shape index (κ1) is 12.5. The van der Waals surface area contributed by atoms with Gasteiger partial charge in [-0.2, -0.15) is 0 Å². The highest BCUT2D eigenvalue weighted by molar-refractivity contribution is 5.45. The average Bonchev–Trinajstić information content (AvgIpc) is 2.97. The number of benzene rings is 2. The molecule has 3 atom stereocenters. The van der Waals surface area contributed by atoms with Crippen LogP contribution in [0.25, 0.3) is 0 Å².